The highest BCUT2D eigenvalue weighted by Crippen LogP contribution is 2.17. The van der Waals surface area contributed by atoms with Gasteiger partial charge in [-0.15, -0.1) is 0 Å². The van der Waals surface area contributed by atoms with E-state index in [-0.39, 0.29) is 5.91 Å². The maximum absolute atomic E-state index is 10.9. The zero-order valence-corrected chi connectivity index (χ0v) is 6.52. The Morgan fingerprint density at radius 1 is 1.50 bits per heavy atom. The molecular weight excluding hydrogens is 126 g/mol. The Hall–Kier alpha value is -0.530. The Morgan fingerprint density at radius 2 is 2.10 bits per heavy atom. The lowest BCUT2D eigenvalue weighted by Gasteiger charge is -2.09. The molecule has 1 aliphatic rings. The van der Waals surface area contributed by atoms with Gasteiger partial charge in [-0.25, -0.2) is 0 Å². The molecule has 10 heavy (non-hydrogen) atoms. The maximum Gasteiger partial charge on any atom is 0.219 e. The summed E-state index contributed by atoms with van der Waals surface area (Å²) in [5, 5.41) is 2.99. The lowest BCUT2D eigenvalue weighted by atomic mass is 10.2. The van der Waals surface area contributed by atoms with Gasteiger partial charge in [-0.05, 0) is 12.8 Å². The van der Waals surface area contributed by atoms with E-state index < -0.39 is 0 Å². The fourth-order valence-corrected chi connectivity index (χ4v) is 1.40. The van der Waals surface area contributed by atoms with E-state index in [1.165, 1.54) is 25.7 Å². The predicted molar refractivity (Wildman–Crippen MR) is 40.7 cm³/mol. The summed E-state index contributed by atoms with van der Waals surface area (Å²) >= 11 is 0. The number of carbonyl (C=O) groups excluding carboxylic acids is 1. The Kier molecular flexibility index (Phi) is 2.72. The number of hydrogen-bond donors (Lipinski definition) is 1. The minimum absolute atomic E-state index is 0.201. The third kappa shape index (κ3) is 2.01. The second-order valence-corrected chi connectivity index (χ2v) is 2.90. The molecule has 2 nitrogen and oxygen atoms in total. The Bertz CT molecular complexity index is 116. The zero-order valence-electron chi connectivity index (χ0n) is 6.52. The Balaban J connectivity index is 2.17. The molecule has 0 saturated heterocycles. The second-order valence-electron chi connectivity index (χ2n) is 2.90. The van der Waals surface area contributed by atoms with Crippen molar-refractivity contribution < 1.29 is 4.79 Å². The van der Waals surface area contributed by atoms with Crippen LogP contribution >= 0.6 is 0 Å². The summed E-state index contributed by atoms with van der Waals surface area (Å²) in [6.07, 6.45) is 5.57. The van der Waals surface area contributed by atoms with Crippen molar-refractivity contribution in [1.29, 1.82) is 0 Å². The third-order valence-electron chi connectivity index (χ3n) is 2.04. The van der Waals surface area contributed by atoms with E-state index in [4.69, 9.17) is 0 Å². The van der Waals surface area contributed by atoms with Crippen molar-refractivity contribution in [3.8, 4) is 0 Å². The van der Waals surface area contributed by atoms with Gasteiger partial charge in [0.2, 0.25) is 5.91 Å². The van der Waals surface area contributed by atoms with Crippen molar-refractivity contribution in [1.82, 2.24) is 5.32 Å². The Morgan fingerprint density at radius 3 is 2.60 bits per heavy atom. The van der Waals surface area contributed by atoms with Crippen LogP contribution < -0.4 is 5.32 Å². The number of rotatable bonds is 2. The van der Waals surface area contributed by atoms with E-state index in [0.29, 0.717) is 12.5 Å². The van der Waals surface area contributed by atoms with Crippen LogP contribution in [0.4, 0.5) is 0 Å². The van der Waals surface area contributed by atoms with Gasteiger partial charge in [-0.3, -0.25) is 4.79 Å². The van der Waals surface area contributed by atoms with Crippen molar-refractivity contribution in [2.75, 3.05) is 0 Å². The fraction of sp³-hybridized carbons (Fsp3) is 0.875. The molecule has 1 fully saturated rings. The molecule has 0 heterocycles. The molecule has 1 saturated carbocycles. The summed E-state index contributed by atoms with van der Waals surface area (Å²) in [5.41, 5.74) is 0. The molecule has 0 spiro atoms. The molecule has 1 amide bonds. The fourth-order valence-electron chi connectivity index (χ4n) is 1.40. The first kappa shape index (κ1) is 7.58. The first-order chi connectivity index (χ1) is 4.83. The molecule has 0 aromatic carbocycles. The smallest absolute Gasteiger partial charge is 0.219 e. The van der Waals surface area contributed by atoms with Gasteiger partial charge in [0.05, 0.1) is 0 Å². The van der Waals surface area contributed by atoms with Crippen LogP contribution in [0, 0.1) is 0 Å². The molecule has 0 radical (unpaired) electrons. The van der Waals surface area contributed by atoms with Crippen molar-refractivity contribution >= 4 is 5.91 Å². The summed E-state index contributed by atoms with van der Waals surface area (Å²) < 4.78 is 0. The van der Waals surface area contributed by atoms with Crippen molar-refractivity contribution in [3.63, 3.8) is 0 Å². The van der Waals surface area contributed by atoms with Crippen molar-refractivity contribution in [2.24, 2.45) is 0 Å². The molecule has 1 aliphatic carbocycles. The molecule has 0 aliphatic heterocycles. The SMILES string of the molecule is CCC(=O)NC1CCCC1. The largest absolute Gasteiger partial charge is 0.353 e. The lowest BCUT2D eigenvalue weighted by molar-refractivity contribution is -0.121. The molecular formula is C8H15NO. The van der Waals surface area contributed by atoms with E-state index in [1.807, 2.05) is 6.92 Å². The summed E-state index contributed by atoms with van der Waals surface area (Å²) in [5.74, 6) is 0.201. The van der Waals surface area contributed by atoms with Gasteiger partial charge >= 0.3 is 0 Å². The van der Waals surface area contributed by atoms with Gasteiger partial charge in [0.1, 0.15) is 0 Å². The van der Waals surface area contributed by atoms with E-state index in [2.05, 4.69) is 5.32 Å². The van der Waals surface area contributed by atoms with Crippen molar-refractivity contribution in [2.45, 2.75) is 45.1 Å². The van der Waals surface area contributed by atoms with Crippen molar-refractivity contribution in [3.05, 3.63) is 0 Å². The van der Waals surface area contributed by atoms with E-state index in [0.717, 1.165) is 0 Å². The first-order valence-corrected chi connectivity index (χ1v) is 4.12. The lowest BCUT2D eigenvalue weighted by Crippen LogP contribution is -2.31. The average molecular weight is 141 g/mol. The van der Waals surface area contributed by atoms with Crippen LogP contribution in [0.3, 0.4) is 0 Å². The molecule has 58 valence electrons. The molecule has 1 rings (SSSR count). The number of nitrogens with one attached hydrogen (secondary N) is 1. The second kappa shape index (κ2) is 3.59. The van der Waals surface area contributed by atoms with Gasteiger partial charge < -0.3 is 5.32 Å². The normalized spacial score (nSPS) is 19.3. The number of carbonyl (C=O) groups is 1. The number of hydrogen-bond acceptors (Lipinski definition) is 1. The molecule has 0 aromatic heterocycles. The minimum Gasteiger partial charge on any atom is -0.353 e. The van der Waals surface area contributed by atoms with Gasteiger partial charge in [0.25, 0.3) is 0 Å². The van der Waals surface area contributed by atoms with Gasteiger partial charge in [0, 0.05) is 12.5 Å². The van der Waals surface area contributed by atoms with Crippen LogP contribution in [-0.2, 0) is 4.79 Å². The monoisotopic (exact) mass is 141 g/mol. The van der Waals surface area contributed by atoms with Crippen LogP contribution in [0.1, 0.15) is 39.0 Å². The maximum atomic E-state index is 10.9. The van der Waals surface area contributed by atoms with Gasteiger partial charge in [0.15, 0.2) is 0 Å². The standard InChI is InChI=1S/C8H15NO/c1-2-8(10)9-7-5-3-4-6-7/h7H,2-6H2,1H3,(H,9,10). The van der Waals surface area contributed by atoms with Crippen LogP contribution in [0.2, 0.25) is 0 Å². The predicted octanol–water partition coefficient (Wildman–Crippen LogP) is 1.46. The quantitative estimate of drug-likeness (QED) is 0.619. The molecule has 1 N–H and O–H groups in total. The molecule has 0 bridgehead atoms. The highest BCUT2D eigenvalue weighted by atomic mass is 16.1. The summed E-state index contributed by atoms with van der Waals surface area (Å²) in [4.78, 5) is 10.9. The van der Waals surface area contributed by atoms with Crippen LogP contribution in [0.15, 0.2) is 0 Å². The van der Waals surface area contributed by atoms with Crippen LogP contribution in [0.25, 0.3) is 0 Å². The van der Waals surface area contributed by atoms with Crippen LogP contribution in [0.5, 0.6) is 0 Å². The topological polar surface area (TPSA) is 29.1 Å². The highest BCUT2D eigenvalue weighted by Gasteiger charge is 2.15. The van der Waals surface area contributed by atoms with Crippen LogP contribution in [-0.4, -0.2) is 11.9 Å². The van der Waals surface area contributed by atoms with Gasteiger partial charge in [-0.1, -0.05) is 19.8 Å². The third-order valence-corrected chi connectivity index (χ3v) is 2.04. The minimum atomic E-state index is 0.201. The molecule has 0 atom stereocenters. The molecule has 0 aromatic rings. The highest BCUT2D eigenvalue weighted by molar-refractivity contribution is 5.75. The summed E-state index contributed by atoms with van der Waals surface area (Å²) in [6.45, 7) is 1.89. The summed E-state index contributed by atoms with van der Waals surface area (Å²) in [6, 6.07) is 0.493. The van der Waals surface area contributed by atoms with E-state index >= 15 is 0 Å². The first-order valence-electron chi connectivity index (χ1n) is 4.12. The Labute approximate surface area is 62.0 Å². The zero-order chi connectivity index (χ0) is 7.40. The van der Waals surface area contributed by atoms with Gasteiger partial charge in [-0.2, -0.15) is 0 Å². The average Bonchev–Trinajstić information content (AvgIpc) is 2.40. The van der Waals surface area contributed by atoms with E-state index in [1.54, 1.807) is 0 Å². The summed E-state index contributed by atoms with van der Waals surface area (Å²) in [7, 11) is 0. The van der Waals surface area contributed by atoms with E-state index in [9.17, 15) is 4.79 Å². The molecule has 0 unspecified atom stereocenters. The molecule has 2 heteroatoms. The number of amides is 1.